The van der Waals surface area contributed by atoms with E-state index in [1.807, 2.05) is 0 Å². The lowest BCUT2D eigenvalue weighted by atomic mass is 9.76. The van der Waals surface area contributed by atoms with Crippen molar-refractivity contribution in [1.29, 1.82) is 0 Å². The third-order valence-corrected chi connectivity index (χ3v) is 4.12. The molecule has 0 saturated carbocycles. The van der Waals surface area contributed by atoms with Crippen LogP contribution in [0.2, 0.25) is 0 Å². The van der Waals surface area contributed by atoms with Gasteiger partial charge >= 0.3 is 0 Å². The number of hydrogen-bond donors (Lipinski definition) is 0. The SMILES string of the molecule is C[CH]C(C)(C)/C=C/[C@H]1CC=C(C)C1(C)C. The normalized spacial score (nSPS) is 26.0. The zero-order chi connectivity index (χ0) is 11.7. The molecule has 1 atom stereocenters. The zero-order valence-corrected chi connectivity index (χ0v) is 11.1. The van der Waals surface area contributed by atoms with Gasteiger partial charge in [-0.1, -0.05) is 58.4 Å². The summed E-state index contributed by atoms with van der Waals surface area (Å²) in [5.74, 6) is 0.678. The summed E-state index contributed by atoms with van der Waals surface area (Å²) in [6, 6.07) is 0. The van der Waals surface area contributed by atoms with Gasteiger partial charge in [0.1, 0.15) is 0 Å². The van der Waals surface area contributed by atoms with E-state index in [9.17, 15) is 0 Å². The Balaban J connectivity index is 2.71. The predicted octanol–water partition coefficient (Wildman–Crippen LogP) is 4.79. The van der Waals surface area contributed by atoms with Crippen LogP contribution < -0.4 is 0 Å². The third-order valence-electron chi connectivity index (χ3n) is 4.12. The summed E-state index contributed by atoms with van der Waals surface area (Å²) in [6.45, 7) is 13.6. The highest BCUT2D eigenvalue weighted by Crippen LogP contribution is 2.44. The van der Waals surface area contributed by atoms with Crippen LogP contribution in [0, 0.1) is 23.2 Å². The molecule has 1 rings (SSSR count). The molecule has 15 heavy (non-hydrogen) atoms. The molecule has 1 radical (unpaired) electrons. The molecule has 0 saturated heterocycles. The summed E-state index contributed by atoms with van der Waals surface area (Å²) in [4.78, 5) is 0. The van der Waals surface area contributed by atoms with Crippen molar-refractivity contribution in [2.24, 2.45) is 16.7 Å². The van der Waals surface area contributed by atoms with Crippen LogP contribution in [-0.4, -0.2) is 0 Å². The Morgan fingerprint density at radius 2 is 2.00 bits per heavy atom. The van der Waals surface area contributed by atoms with Gasteiger partial charge in [0, 0.05) is 0 Å². The Hall–Kier alpha value is -0.520. The molecule has 0 heterocycles. The minimum atomic E-state index is 0.229. The quantitative estimate of drug-likeness (QED) is 0.581. The van der Waals surface area contributed by atoms with E-state index in [0.717, 1.165) is 0 Å². The van der Waals surface area contributed by atoms with Crippen molar-refractivity contribution in [2.75, 3.05) is 0 Å². The van der Waals surface area contributed by atoms with Crippen molar-refractivity contribution >= 4 is 0 Å². The standard InChI is InChI=1S/C15H25/c1-7-14(3,4)11-10-13-9-8-12(2)15(13,5)6/h7-8,10-11,13H,9H2,1-6H3/b11-10+/t13-/m1/s1. The Bertz CT molecular complexity index is 276. The van der Waals surface area contributed by atoms with Gasteiger partial charge in [0.05, 0.1) is 0 Å². The number of hydrogen-bond acceptors (Lipinski definition) is 0. The highest BCUT2D eigenvalue weighted by Gasteiger charge is 2.33. The lowest BCUT2D eigenvalue weighted by Crippen LogP contribution is -2.19. The van der Waals surface area contributed by atoms with Crippen LogP contribution in [0.1, 0.15) is 48.0 Å². The van der Waals surface area contributed by atoms with Crippen molar-refractivity contribution < 1.29 is 0 Å². The minimum Gasteiger partial charge on any atom is -0.0844 e. The molecule has 0 bridgehead atoms. The first-order valence-corrected chi connectivity index (χ1v) is 5.97. The molecule has 0 fully saturated rings. The summed E-state index contributed by atoms with van der Waals surface area (Å²) < 4.78 is 0. The topological polar surface area (TPSA) is 0 Å². The maximum atomic E-state index is 2.41. The van der Waals surface area contributed by atoms with E-state index in [4.69, 9.17) is 0 Å². The van der Waals surface area contributed by atoms with Crippen molar-refractivity contribution in [3.8, 4) is 0 Å². The van der Waals surface area contributed by atoms with E-state index in [0.29, 0.717) is 11.3 Å². The molecule has 1 aliphatic carbocycles. The second kappa shape index (κ2) is 4.15. The maximum absolute atomic E-state index is 2.41. The van der Waals surface area contributed by atoms with E-state index >= 15 is 0 Å². The molecule has 0 aromatic rings. The molecule has 0 aliphatic heterocycles. The van der Waals surface area contributed by atoms with Crippen molar-refractivity contribution in [3.63, 3.8) is 0 Å². The lowest BCUT2D eigenvalue weighted by Gasteiger charge is -2.28. The Kier molecular flexibility index (Phi) is 3.48. The van der Waals surface area contributed by atoms with E-state index in [-0.39, 0.29) is 5.41 Å². The molecule has 0 amide bonds. The number of allylic oxidation sites excluding steroid dienone is 4. The average Bonchev–Trinajstić information content (AvgIpc) is 2.40. The Morgan fingerprint density at radius 3 is 2.40 bits per heavy atom. The summed E-state index contributed by atoms with van der Waals surface area (Å²) in [5.41, 5.74) is 2.11. The second-order valence-corrected chi connectivity index (χ2v) is 5.92. The summed E-state index contributed by atoms with van der Waals surface area (Å²) >= 11 is 0. The molecule has 1 aliphatic rings. The smallest absolute Gasteiger partial charge is 0.00817 e. The minimum absolute atomic E-state index is 0.229. The van der Waals surface area contributed by atoms with Gasteiger partial charge in [-0.3, -0.25) is 0 Å². The largest absolute Gasteiger partial charge is 0.0844 e. The first kappa shape index (κ1) is 12.5. The molecule has 0 N–H and O–H groups in total. The molecule has 0 heteroatoms. The van der Waals surface area contributed by atoms with Crippen molar-refractivity contribution in [3.05, 3.63) is 30.2 Å². The van der Waals surface area contributed by atoms with E-state index in [1.165, 1.54) is 12.0 Å². The van der Waals surface area contributed by atoms with Crippen molar-refractivity contribution in [1.82, 2.24) is 0 Å². The second-order valence-electron chi connectivity index (χ2n) is 5.92. The molecule has 85 valence electrons. The zero-order valence-electron chi connectivity index (χ0n) is 11.1. The monoisotopic (exact) mass is 205 g/mol. The summed E-state index contributed by atoms with van der Waals surface area (Å²) in [7, 11) is 0. The van der Waals surface area contributed by atoms with Crippen LogP contribution in [0.3, 0.4) is 0 Å². The van der Waals surface area contributed by atoms with Crippen LogP contribution in [-0.2, 0) is 0 Å². The van der Waals surface area contributed by atoms with Gasteiger partial charge < -0.3 is 0 Å². The molecular weight excluding hydrogens is 180 g/mol. The van der Waals surface area contributed by atoms with Gasteiger partial charge in [0.25, 0.3) is 0 Å². The Labute approximate surface area is 95.5 Å². The van der Waals surface area contributed by atoms with Crippen molar-refractivity contribution in [2.45, 2.75) is 48.0 Å². The number of rotatable bonds is 3. The van der Waals surface area contributed by atoms with Gasteiger partial charge in [-0.2, -0.15) is 0 Å². The summed E-state index contributed by atoms with van der Waals surface area (Å²) in [5, 5.41) is 0. The molecule has 0 aromatic carbocycles. The first-order valence-electron chi connectivity index (χ1n) is 5.97. The average molecular weight is 205 g/mol. The van der Waals surface area contributed by atoms with Gasteiger partial charge in [-0.05, 0) is 36.5 Å². The van der Waals surface area contributed by atoms with Crippen LogP contribution in [0.15, 0.2) is 23.8 Å². The van der Waals surface area contributed by atoms with Gasteiger partial charge in [-0.15, -0.1) is 0 Å². The van der Waals surface area contributed by atoms with E-state index in [1.54, 1.807) is 0 Å². The molecule has 0 aromatic heterocycles. The summed E-state index contributed by atoms with van der Waals surface area (Å²) in [6.07, 6.45) is 10.6. The van der Waals surface area contributed by atoms with E-state index in [2.05, 4.69) is 66.2 Å². The van der Waals surface area contributed by atoms with Crippen LogP contribution in [0.25, 0.3) is 0 Å². The van der Waals surface area contributed by atoms with Crippen LogP contribution >= 0.6 is 0 Å². The fraction of sp³-hybridized carbons (Fsp3) is 0.667. The fourth-order valence-corrected chi connectivity index (χ4v) is 1.93. The highest BCUT2D eigenvalue weighted by atomic mass is 14.4. The molecule has 0 spiro atoms. The molecule has 0 unspecified atom stereocenters. The first-order chi connectivity index (χ1) is 6.79. The van der Waals surface area contributed by atoms with Crippen LogP contribution in [0.4, 0.5) is 0 Å². The maximum Gasteiger partial charge on any atom is -0.00817 e. The van der Waals surface area contributed by atoms with Crippen LogP contribution in [0.5, 0.6) is 0 Å². The fourth-order valence-electron chi connectivity index (χ4n) is 1.93. The Morgan fingerprint density at radius 1 is 1.40 bits per heavy atom. The van der Waals surface area contributed by atoms with Gasteiger partial charge in [0.2, 0.25) is 0 Å². The molecule has 0 nitrogen and oxygen atoms in total. The predicted molar refractivity (Wildman–Crippen MR) is 68.5 cm³/mol. The highest BCUT2D eigenvalue weighted by molar-refractivity contribution is 5.22. The van der Waals surface area contributed by atoms with E-state index < -0.39 is 0 Å². The van der Waals surface area contributed by atoms with Gasteiger partial charge in [-0.25, -0.2) is 0 Å². The molecular formula is C15H25. The third kappa shape index (κ3) is 2.74. The van der Waals surface area contributed by atoms with Gasteiger partial charge in [0.15, 0.2) is 0 Å². The lowest BCUT2D eigenvalue weighted by molar-refractivity contribution is 0.348.